The lowest BCUT2D eigenvalue weighted by Crippen LogP contribution is -2.14. The zero-order valence-electron chi connectivity index (χ0n) is 8.53. The summed E-state index contributed by atoms with van der Waals surface area (Å²) in [7, 11) is -1.49. The monoisotopic (exact) mass is 231 g/mol. The van der Waals surface area contributed by atoms with E-state index in [-0.39, 0.29) is 10.6 Å². The van der Waals surface area contributed by atoms with Crippen molar-refractivity contribution in [3.8, 4) is 0 Å². The van der Waals surface area contributed by atoms with Crippen LogP contribution in [0.3, 0.4) is 0 Å². The first-order valence-corrected chi connectivity index (χ1v) is 6.34. The Balaban J connectivity index is 2.73. The minimum atomic E-state index is -3.26. The Kier molecular flexibility index (Phi) is 4.23. The summed E-state index contributed by atoms with van der Waals surface area (Å²) in [6.45, 7) is 0.653. The van der Waals surface area contributed by atoms with Gasteiger partial charge in [-0.2, -0.15) is 0 Å². The molecule has 0 saturated heterocycles. The minimum Gasteiger partial charge on any atom is -0.320 e. The molecule has 0 spiro atoms. The first kappa shape index (κ1) is 12.1. The summed E-state index contributed by atoms with van der Waals surface area (Å²) < 4.78 is 35.9. The van der Waals surface area contributed by atoms with Crippen molar-refractivity contribution in [1.82, 2.24) is 5.32 Å². The van der Waals surface area contributed by atoms with E-state index in [1.54, 1.807) is 7.05 Å². The van der Waals surface area contributed by atoms with E-state index < -0.39 is 15.7 Å². The lowest BCUT2D eigenvalue weighted by atomic mass is 10.4. The Morgan fingerprint density at radius 2 is 1.87 bits per heavy atom. The number of nitrogens with one attached hydrogen (secondary N) is 1. The van der Waals surface area contributed by atoms with Gasteiger partial charge in [-0.1, -0.05) is 0 Å². The van der Waals surface area contributed by atoms with E-state index in [9.17, 15) is 12.8 Å². The van der Waals surface area contributed by atoms with E-state index in [0.29, 0.717) is 13.0 Å². The molecule has 0 aliphatic rings. The average Bonchev–Trinajstić information content (AvgIpc) is 2.18. The van der Waals surface area contributed by atoms with E-state index in [1.165, 1.54) is 12.1 Å². The van der Waals surface area contributed by atoms with E-state index in [4.69, 9.17) is 0 Å². The molecular formula is C10H14FNO2S. The minimum absolute atomic E-state index is 0.0828. The van der Waals surface area contributed by atoms with Crippen molar-refractivity contribution < 1.29 is 12.8 Å². The van der Waals surface area contributed by atoms with Crippen LogP contribution in [0.4, 0.5) is 4.39 Å². The number of hydrogen-bond acceptors (Lipinski definition) is 3. The van der Waals surface area contributed by atoms with Gasteiger partial charge in [-0.15, -0.1) is 0 Å². The van der Waals surface area contributed by atoms with Crippen LogP contribution in [-0.2, 0) is 9.84 Å². The second-order valence-corrected chi connectivity index (χ2v) is 5.34. The van der Waals surface area contributed by atoms with Gasteiger partial charge >= 0.3 is 0 Å². The molecule has 1 aromatic rings. The highest BCUT2D eigenvalue weighted by atomic mass is 32.2. The third kappa shape index (κ3) is 3.60. The molecule has 0 atom stereocenters. The Hall–Kier alpha value is -0.940. The van der Waals surface area contributed by atoms with Crippen LogP contribution in [0.25, 0.3) is 0 Å². The summed E-state index contributed by atoms with van der Waals surface area (Å²) in [4.78, 5) is 0.181. The van der Waals surface area contributed by atoms with Crippen molar-refractivity contribution in [2.75, 3.05) is 19.3 Å². The van der Waals surface area contributed by atoms with Crippen LogP contribution in [0.15, 0.2) is 29.2 Å². The zero-order chi connectivity index (χ0) is 11.3. The second kappa shape index (κ2) is 5.23. The van der Waals surface area contributed by atoms with E-state index >= 15 is 0 Å². The van der Waals surface area contributed by atoms with Crippen LogP contribution in [0.5, 0.6) is 0 Å². The van der Waals surface area contributed by atoms with Crippen LogP contribution in [0.1, 0.15) is 6.42 Å². The van der Waals surface area contributed by atoms with E-state index in [2.05, 4.69) is 5.32 Å². The average molecular weight is 231 g/mol. The van der Waals surface area contributed by atoms with Crippen LogP contribution in [-0.4, -0.2) is 27.8 Å². The maximum Gasteiger partial charge on any atom is 0.178 e. The maximum absolute atomic E-state index is 12.6. The standard InChI is InChI=1S/C10H14FNO2S/c1-12-7-2-8-15(13,14)10-5-3-9(11)4-6-10/h3-6,12H,2,7-8H2,1H3. The molecule has 0 saturated carbocycles. The molecule has 0 aromatic heterocycles. The van der Waals surface area contributed by atoms with Crippen LogP contribution in [0, 0.1) is 5.82 Å². The Labute approximate surface area is 89.2 Å². The lowest BCUT2D eigenvalue weighted by molar-refractivity contribution is 0.590. The Bertz CT molecular complexity index is 400. The molecule has 84 valence electrons. The molecule has 0 bridgehead atoms. The summed E-state index contributed by atoms with van der Waals surface area (Å²) in [6.07, 6.45) is 0.552. The molecule has 5 heteroatoms. The van der Waals surface area contributed by atoms with Crippen molar-refractivity contribution in [1.29, 1.82) is 0 Å². The van der Waals surface area contributed by atoms with Crippen molar-refractivity contribution in [2.45, 2.75) is 11.3 Å². The molecule has 0 radical (unpaired) electrons. The third-order valence-corrected chi connectivity index (χ3v) is 3.83. The van der Waals surface area contributed by atoms with E-state index in [1.807, 2.05) is 0 Å². The first-order valence-electron chi connectivity index (χ1n) is 4.69. The molecule has 0 heterocycles. The van der Waals surface area contributed by atoms with Gasteiger partial charge in [-0.3, -0.25) is 0 Å². The summed E-state index contributed by atoms with van der Waals surface area (Å²) >= 11 is 0. The van der Waals surface area contributed by atoms with Gasteiger partial charge in [0.1, 0.15) is 5.82 Å². The Morgan fingerprint density at radius 1 is 1.27 bits per heavy atom. The largest absolute Gasteiger partial charge is 0.320 e. The Morgan fingerprint density at radius 3 is 2.40 bits per heavy atom. The highest BCUT2D eigenvalue weighted by molar-refractivity contribution is 7.91. The van der Waals surface area contributed by atoms with Crippen LogP contribution >= 0.6 is 0 Å². The first-order chi connectivity index (χ1) is 7.06. The highest BCUT2D eigenvalue weighted by Gasteiger charge is 2.13. The summed E-state index contributed by atoms with van der Waals surface area (Å²) in [5.41, 5.74) is 0. The van der Waals surface area contributed by atoms with Crippen molar-refractivity contribution in [2.24, 2.45) is 0 Å². The number of benzene rings is 1. The van der Waals surface area contributed by atoms with Crippen molar-refractivity contribution >= 4 is 9.84 Å². The topological polar surface area (TPSA) is 46.2 Å². The predicted octanol–water partition coefficient (Wildman–Crippen LogP) is 1.21. The lowest BCUT2D eigenvalue weighted by Gasteiger charge is -2.03. The molecular weight excluding hydrogens is 217 g/mol. The van der Waals surface area contributed by atoms with Gasteiger partial charge in [-0.25, -0.2) is 12.8 Å². The molecule has 1 N–H and O–H groups in total. The fraction of sp³-hybridized carbons (Fsp3) is 0.400. The fourth-order valence-corrected chi connectivity index (χ4v) is 2.51. The van der Waals surface area contributed by atoms with Gasteiger partial charge < -0.3 is 5.32 Å². The van der Waals surface area contributed by atoms with Gasteiger partial charge in [0.05, 0.1) is 10.6 Å². The maximum atomic E-state index is 12.6. The second-order valence-electron chi connectivity index (χ2n) is 3.23. The summed E-state index contributed by atoms with van der Waals surface area (Å²) in [5.74, 6) is -0.344. The van der Waals surface area contributed by atoms with E-state index in [0.717, 1.165) is 12.1 Å². The molecule has 0 fully saturated rings. The molecule has 1 rings (SSSR count). The smallest absolute Gasteiger partial charge is 0.178 e. The van der Waals surface area contributed by atoms with Crippen molar-refractivity contribution in [3.05, 3.63) is 30.1 Å². The molecule has 0 unspecified atom stereocenters. The quantitative estimate of drug-likeness (QED) is 0.612. The molecule has 0 amide bonds. The van der Waals surface area contributed by atoms with Crippen LogP contribution < -0.4 is 5.32 Å². The fourth-order valence-electron chi connectivity index (χ4n) is 1.20. The SMILES string of the molecule is CNCCCS(=O)(=O)c1ccc(F)cc1. The number of hydrogen-bond donors (Lipinski definition) is 1. The van der Waals surface area contributed by atoms with Crippen LogP contribution in [0.2, 0.25) is 0 Å². The summed E-state index contributed by atoms with van der Waals surface area (Å²) in [6, 6.07) is 4.91. The van der Waals surface area contributed by atoms with Gasteiger partial charge in [0.25, 0.3) is 0 Å². The normalized spacial score (nSPS) is 11.6. The molecule has 0 aliphatic heterocycles. The summed E-state index contributed by atoms with van der Waals surface area (Å²) in [5, 5.41) is 2.88. The number of sulfone groups is 1. The van der Waals surface area contributed by atoms with Crippen molar-refractivity contribution in [3.63, 3.8) is 0 Å². The van der Waals surface area contributed by atoms with Gasteiger partial charge in [0.15, 0.2) is 9.84 Å². The molecule has 1 aromatic carbocycles. The van der Waals surface area contributed by atoms with Gasteiger partial charge in [0, 0.05) is 0 Å². The highest BCUT2D eigenvalue weighted by Crippen LogP contribution is 2.12. The zero-order valence-corrected chi connectivity index (χ0v) is 9.35. The van der Waals surface area contributed by atoms with Gasteiger partial charge in [-0.05, 0) is 44.3 Å². The third-order valence-electron chi connectivity index (χ3n) is 2.01. The molecule has 15 heavy (non-hydrogen) atoms. The molecule has 3 nitrogen and oxygen atoms in total. The number of rotatable bonds is 5. The number of halogens is 1. The molecule has 0 aliphatic carbocycles. The predicted molar refractivity (Wildman–Crippen MR) is 57.0 cm³/mol. The van der Waals surface area contributed by atoms with Gasteiger partial charge in [0.2, 0.25) is 0 Å².